The van der Waals surface area contributed by atoms with Crippen LogP contribution >= 0.6 is 0 Å². The fourth-order valence-electron chi connectivity index (χ4n) is 3.23. The molecule has 2 rings (SSSR count). The first kappa shape index (κ1) is 12.4. The van der Waals surface area contributed by atoms with Gasteiger partial charge in [0.05, 0.1) is 0 Å². The molecule has 1 aliphatic carbocycles. The molecule has 2 aliphatic rings. The molecule has 1 atom stereocenters. The molecule has 0 bridgehead atoms. The molecule has 1 unspecified atom stereocenters. The molecule has 1 heterocycles. The van der Waals surface area contributed by atoms with E-state index in [0.29, 0.717) is 0 Å². The second-order valence-electron chi connectivity index (χ2n) is 5.98. The lowest BCUT2D eigenvalue weighted by atomic mass is 9.86. The minimum Gasteiger partial charge on any atom is -0.314 e. The molecule has 0 aromatic heterocycles. The van der Waals surface area contributed by atoms with Crippen LogP contribution < -0.4 is 5.32 Å². The zero-order valence-electron chi connectivity index (χ0n) is 11.0. The zero-order chi connectivity index (χ0) is 11.4. The SMILES string of the molecule is CC1CCC(N(C)CCC2CCCN2)CC1. The van der Waals surface area contributed by atoms with E-state index in [-0.39, 0.29) is 0 Å². The van der Waals surface area contributed by atoms with Crippen molar-refractivity contribution in [3.05, 3.63) is 0 Å². The quantitative estimate of drug-likeness (QED) is 0.790. The van der Waals surface area contributed by atoms with Gasteiger partial charge in [0.15, 0.2) is 0 Å². The number of hydrogen-bond acceptors (Lipinski definition) is 2. The van der Waals surface area contributed by atoms with Crippen LogP contribution in [0.5, 0.6) is 0 Å². The monoisotopic (exact) mass is 224 g/mol. The van der Waals surface area contributed by atoms with Crippen molar-refractivity contribution in [2.45, 2.75) is 64.0 Å². The highest BCUT2D eigenvalue weighted by molar-refractivity contribution is 4.79. The van der Waals surface area contributed by atoms with Crippen LogP contribution in [0, 0.1) is 5.92 Å². The normalized spacial score (nSPS) is 35.8. The second kappa shape index (κ2) is 6.02. The number of nitrogens with one attached hydrogen (secondary N) is 1. The molecule has 0 spiro atoms. The first-order chi connectivity index (χ1) is 7.75. The van der Waals surface area contributed by atoms with Gasteiger partial charge in [-0.05, 0) is 71.0 Å². The summed E-state index contributed by atoms with van der Waals surface area (Å²) in [7, 11) is 2.33. The largest absolute Gasteiger partial charge is 0.314 e. The highest BCUT2D eigenvalue weighted by Crippen LogP contribution is 2.26. The number of rotatable bonds is 4. The Morgan fingerprint density at radius 1 is 1.12 bits per heavy atom. The van der Waals surface area contributed by atoms with Gasteiger partial charge in [-0.3, -0.25) is 0 Å². The maximum Gasteiger partial charge on any atom is 0.00924 e. The summed E-state index contributed by atoms with van der Waals surface area (Å²) in [5.41, 5.74) is 0. The van der Waals surface area contributed by atoms with E-state index in [9.17, 15) is 0 Å². The van der Waals surface area contributed by atoms with Gasteiger partial charge in [0.1, 0.15) is 0 Å². The Morgan fingerprint density at radius 2 is 1.88 bits per heavy atom. The minimum atomic E-state index is 0.810. The van der Waals surface area contributed by atoms with Crippen molar-refractivity contribution >= 4 is 0 Å². The van der Waals surface area contributed by atoms with Crippen LogP contribution in [0.3, 0.4) is 0 Å². The van der Waals surface area contributed by atoms with Crippen molar-refractivity contribution in [3.8, 4) is 0 Å². The van der Waals surface area contributed by atoms with Gasteiger partial charge in [-0.1, -0.05) is 6.92 Å². The van der Waals surface area contributed by atoms with Gasteiger partial charge >= 0.3 is 0 Å². The maximum absolute atomic E-state index is 3.60. The summed E-state index contributed by atoms with van der Waals surface area (Å²) in [4.78, 5) is 2.62. The fourth-order valence-corrected chi connectivity index (χ4v) is 3.23. The van der Waals surface area contributed by atoms with Crippen LogP contribution in [0.25, 0.3) is 0 Å². The predicted molar refractivity (Wildman–Crippen MR) is 69.7 cm³/mol. The smallest absolute Gasteiger partial charge is 0.00924 e. The molecule has 0 aromatic rings. The molecule has 0 aromatic carbocycles. The van der Waals surface area contributed by atoms with Gasteiger partial charge in [-0.15, -0.1) is 0 Å². The molecule has 1 saturated carbocycles. The summed E-state index contributed by atoms with van der Waals surface area (Å²) in [5.74, 6) is 0.973. The average Bonchev–Trinajstić information content (AvgIpc) is 2.80. The van der Waals surface area contributed by atoms with E-state index in [4.69, 9.17) is 0 Å². The van der Waals surface area contributed by atoms with Crippen LogP contribution in [0.1, 0.15) is 51.9 Å². The third-order valence-corrected chi connectivity index (χ3v) is 4.60. The minimum absolute atomic E-state index is 0.810. The first-order valence-electron chi connectivity index (χ1n) is 7.19. The predicted octanol–water partition coefficient (Wildman–Crippen LogP) is 2.64. The second-order valence-corrected chi connectivity index (χ2v) is 5.98. The molecule has 1 aliphatic heterocycles. The van der Waals surface area contributed by atoms with Crippen molar-refractivity contribution in [1.29, 1.82) is 0 Å². The van der Waals surface area contributed by atoms with E-state index in [2.05, 4.69) is 24.2 Å². The third kappa shape index (κ3) is 3.46. The van der Waals surface area contributed by atoms with E-state index in [1.165, 1.54) is 58.0 Å². The van der Waals surface area contributed by atoms with Gasteiger partial charge in [-0.25, -0.2) is 0 Å². The van der Waals surface area contributed by atoms with Crippen LogP contribution in [0.4, 0.5) is 0 Å². The van der Waals surface area contributed by atoms with Crippen LogP contribution in [-0.4, -0.2) is 37.1 Å². The molecule has 0 radical (unpaired) electrons. The Kier molecular flexibility index (Phi) is 4.66. The zero-order valence-corrected chi connectivity index (χ0v) is 11.0. The van der Waals surface area contributed by atoms with E-state index >= 15 is 0 Å². The topological polar surface area (TPSA) is 15.3 Å². The van der Waals surface area contributed by atoms with Crippen molar-refractivity contribution < 1.29 is 0 Å². The summed E-state index contributed by atoms with van der Waals surface area (Å²) < 4.78 is 0. The van der Waals surface area contributed by atoms with Gasteiger partial charge < -0.3 is 10.2 Å². The van der Waals surface area contributed by atoms with Gasteiger partial charge in [0.2, 0.25) is 0 Å². The lowest BCUT2D eigenvalue weighted by molar-refractivity contribution is 0.165. The fraction of sp³-hybridized carbons (Fsp3) is 1.00. The molecule has 0 amide bonds. The molecular formula is C14H28N2. The molecule has 94 valence electrons. The van der Waals surface area contributed by atoms with E-state index in [1.54, 1.807) is 0 Å². The Labute approximate surface area is 101 Å². The summed E-state index contributed by atoms with van der Waals surface area (Å²) >= 11 is 0. The highest BCUT2D eigenvalue weighted by Gasteiger charge is 2.22. The summed E-state index contributed by atoms with van der Waals surface area (Å²) in [6.45, 7) is 4.94. The molecular weight excluding hydrogens is 196 g/mol. The van der Waals surface area contributed by atoms with E-state index in [0.717, 1.165) is 18.0 Å². The average molecular weight is 224 g/mol. The maximum atomic E-state index is 3.60. The van der Waals surface area contributed by atoms with Gasteiger partial charge in [0.25, 0.3) is 0 Å². The molecule has 2 nitrogen and oxygen atoms in total. The summed E-state index contributed by atoms with van der Waals surface area (Å²) in [5, 5.41) is 3.60. The van der Waals surface area contributed by atoms with Crippen LogP contribution in [0.15, 0.2) is 0 Å². The third-order valence-electron chi connectivity index (χ3n) is 4.60. The summed E-state index contributed by atoms with van der Waals surface area (Å²) in [6, 6.07) is 1.68. The summed E-state index contributed by atoms with van der Waals surface area (Å²) in [6.07, 6.45) is 9.87. The Hall–Kier alpha value is -0.0800. The van der Waals surface area contributed by atoms with Crippen molar-refractivity contribution in [1.82, 2.24) is 10.2 Å². The standard InChI is InChI=1S/C14H28N2/c1-12-5-7-14(8-6-12)16(2)11-9-13-4-3-10-15-13/h12-15H,3-11H2,1-2H3. The molecule has 2 fully saturated rings. The lowest BCUT2D eigenvalue weighted by Crippen LogP contribution is -2.37. The van der Waals surface area contributed by atoms with Crippen molar-refractivity contribution in [3.63, 3.8) is 0 Å². The van der Waals surface area contributed by atoms with Crippen molar-refractivity contribution in [2.24, 2.45) is 5.92 Å². The van der Waals surface area contributed by atoms with E-state index in [1.807, 2.05) is 0 Å². The number of hydrogen-bond donors (Lipinski definition) is 1. The Balaban J connectivity index is 1.64. The number of nitrogens with zero attached hydrogens (tertiary/aromatic N) is 1. The molecule has 1 N–H and O–H groups in total. The first-order valence-corrected chi connectivity index (χ1v) is 7.19. The van der Waals surface area contributed by atoms with Gasteiger partial charge in [-0.2, -0.15) is 0 Å². The van der Waals surface area contributed by atoms with Crippen molar-refractivity contribution in [2.75, 3.05) is 20.1 Å². The molecule has 1 saturated heterocycles. The Bertz CT molecular complexity index is 191. The van der Waals surface area contributed by atoms with E-state index < -0.39 is 0 Å². The molecule has 2 heteroatoms. The van der Waals surface area contributed by atoms with Crippen LogP contribution in [0.2, 0.25) is 0 Å². The highest BCUT2D eigenvalue weighted by atomic mass is 15.1. The van der Waals surface area contributed by atoms with Gasteiger partial charge in [0, 0.05) is 12.1 Å². The van der Waals surface area contributed by atoms with Crippen LogP contribution in [-0.2, 0) is 0 Å². The lowest BCUT2D eigenvalue weighted by Gasteiger charge is -2.34. The Morgan fingerprint density at radius 3 is 2.50 bits per heavy atom. The molecule has 16 heavy (non-hydrogen) atoms.